The number of carboxylic acid groups (broad SMARTS) is 1. The van der Waals surface area contributed by atoms with Crippen molar-refractivity contribution >= 4 is 11.9 Å². The van der Waals surface area contributed by atoms with E-state index in [1.807, 2.05) is 13.8 Å². The lowest BCUT2D eigenvalue weighted by atomic mass is 9.84. The van der Waals surface area contributed by atoms with Crippen LogP contribution in [0.5, 0.6) is 0 Å². The van der Waals surface area contributed by atoms with Crippen molar-refractivity contribution in [3.05, 3.63) is 35.6 Å². The largest absolute Gasteiger partial charge is 0.481 e. The second-order valence-electron chi connectivity index (χ2n) is 4.74. The molecule has 0 radical (unpaired) electrons. The van der Waals surface area contributed by atoms with Gasteiger partial charge in [-0.1, -0.05) is 26.0 Å². The predicted molar refractivity (Wildman–Crippen MR) is 64.7 cm³/mol. The molecule has 0 aliphatic heterocycles. The van der Waals surface area contributed by atoms with Crippen LogP contribution in [0, 0.1) is 5.82 Å². The summed E-state index contributed by atoms with van der Waals surface area (Å²) in [5.74, 6) is -2.06. The Balaban J connectivity index is 2.65. The molecule has 0 heterocycles. The van der Waals surface area contributed by atoms with E-state index >= 15 is 0 Å². The molecule has 1 aromatic rings. The van der Waals surface area contributed by atoms with Gasteiger partial charge in [0.25, 0.3) is 0 Å². The molecule has 0 spiro atoms. The summed E-state index contributed by atoms with van der Waals surface area (Å²) in [6.07, 6.45) is -0.556. The second kappa shape index (κ2) is 5.62. The Kier molecular flexibility index (Phi) is 4.42. The van der Waals surface area contributed by atoms with Crippen LogP contribution in [0.2, 0.25) is 0 Å². The zero-order valence-electron chi connectivity index (χ0n) is 10.4. The molecule has 1 rings (SSSR count). The molecule has 0 fully saturated rings. The Hall–Kier alpha value is -1.91. The molecule has 0 saturated carbocycles. The first-order chi connectivity index (χ1) is 8.31. The standard InChI is InChI=1S/C13H16FNO3/c1-13(2,8-15-11(16)7-12(17)18)9-4-3-5-10(14)6-9/h3-6H,7-8H2,1-2H3,(H,15,16)(H,17,18). The van der Waals surface area contributed by atoms with Crippen LogP contribution in [0.15, 0.2) is 24.3 Å². The van der Waals surface area contributed by atoms with Crippen LogP contribution >= 0.6 is 0 Å². The number of hydrogen-bond acceptors (Lipinski definition) is 2. The highest BCUT2D eigenvalue weighted by molar-refractivity contribution is 5.93. The lowest BCUT2D eigenvalue weighted by Crippen LogP contribution is -2.37. The predicted octanol–water partition coefficient (Wildman–Crippen LogP) is 1.69. The minimum atomic E-state index is -1.17. The zero-order valence-corrected chi connectivity index (χ0v) is 10.4. The molecule has 0 atom stereocenters. The summed E-state index contributed by atoms with van der Waals surface area (Å²) in [5, 5.41) is 11.0. The normalized spacial score (nSPS) is 11.1. The number of hydrogen-bond donors (Lipinski definition) is 2. The topological polar surface area (TPSA) is 66.4 Å². The Morgan fingerprint density at radius 1 is 1.39 bits per heavy atom. The van der Waals surface area contributed by atoms with Crippen molar-refractivity contribution in [2.24, 2.45) is 0 Å². The molecule has 4 nitrogen and oxygen atoms in total. The van der Waals surface area contributed by atoms with Gasteiger partial charge in [-0.2, -0.15) is 0 Å². The van der Waals surface area contributed by atoms with E-state index in [-0.39, 0.29) is 12.4 Å². The average molecular weight is 253 g/mol. The van der Waals surface area contributed by atoms with Crippen molar-refractivity contribution in [3.8, 4) is 0 Å². The summed E-state index contributed by atoms with van der Waals surface area (Å²) in [6, 6.07) is 6.13. The lowest BCUT2D eigenvalue weighted by Gasteiger charge is -2.25. The molecule has 18 heavy (non-hydrogen) atoms. The fraction of sp³-hybridized carbons (Fsp3) is 0.385. The van der Waals surface area contributed by atoms with Gasteiger partial charge in [-0.05, 0) is 17.7 Å². The third kappa shape index (κ3) is 4.16. The van der Waals surface area contributed by atoms with E-state index < -0.39 is 23.7 Å². The van der Waals surface area contributed by atoms with Crippen molar-refractivity contribution in [2.75, 3.05) is 6.54 Å². The van der Waals surface area contributed by atoms with E-state index in [0.717, 1.165) is 5.56 Å². The highest BCUT2D eigenvalue weighted by atomic mass is 19.1. The number of benzene rings is 1. The molecule has 0 bridgehead atoms. The lowest BCUT2D eigenvalue weighted by molar-refractivity contribution is -0.140. The van der Waals surface area contributed by atoms with Crippen molar-refractivity contribution in [3.63, 3.8) is 0 Å². The van der Waals surface area contributed by atoms with Gasteiger partial charge in [0.2, 0.25) is 5.91 Å². The summed E-state index contributed by atoms with van der Waals surface area (Å²) in [7, 11) is 0. The molecule has 0 saturated heterocycles. The second-order valence-corrected chi connectivity index (χ2v) is 4.74. The molecule has 5 heteroatoms. The first-order valence-corrected chi connectivity index (χ1v) is 5.56. The monoisotopic (exact) mass is 253 g/mol. The molecule has 1 aromatic carbocycles. The number of carbonyl (C=O) groups excluding carboxylic acids is 1. The smallest absolute Gasteiger partial charge is 0.312 e. The van der Waals surface area contributed by atoms with Crippen molar-refractivity contribution in [1.82, 2.24) is 5.32 Å². The van der Waals surface area contributed by atoms with Gasteiger partial charge in [0.05, 0.1) is 0 Å². The van der Waals surface area contributed by atoms with Crippen LogP contribution in [0.1, 0.15) is 25.8 Å². The number of carbonyl (C=O) groups is 2. The van der Waals surface area contributed by atoms with E-state index in [1.54, 1.807) is 12.1 Å². The van der Waals surface area contributed by atoms with E-state index in [9.17, 15) is 14.0 Å². The van der Waals surface area contributed by atoms with Gasteiger partial charge in [0.1, 0.15) is 12.2 Å². The highest BCUT2D eigenvalue weighted by Gasteiger charge is 2.22. The number of aliphatic carboxylic acids is 1. The van der Waals surface area contributed by atoms with Gasteiger partial charge >= 0.3 is 5.97 Å². The van der Waals surface area contributed by atoms with Crippen LogP contribution in [0.25, 0.3) is 0 Å². The molecule has 98 valence electrons. The molecule has 0 aromatic heterocycles. The van der Waals surface area contributed by atoms with Gasteiger partial charge in [-0.15, -0.1) is 0 Å². The van der Waals surface area contributed by atoms with Crippen LogP contribution in [-0.4, -0.2) is 23.5 Å². The van der Waals surface area contributed by atoms with Crippen LogP contribution < -0.4 is 5.32 Å². The first kappa shape index (κ1) is 14.2. The summed E-state index contributed by atoms with van der Waals surface area (Å²) in [4.78, 5) is 21.6. The molecular formula is C13H16FNO3. The molecule has 0 unspecified atom stereocenters. The van der Waals surface area contributed by atoms with Crippen LogP contribution in [-0.2, 0) is 15.0 Å². The number of carboxylic acids is 1. The van der Waals surface area contributed by atoms with Crippen molar-refractivity contribution in [1.29, 1.82) is 0 Å². The molecule has 0 aliphatic rings. The summed E-state index contributed by atoms with van der Waals surface area (Å²) >= 11 is 0. The summed E-state index contributed by atoms with van der Waals surface area (Å²) in [6.45, 7) is 3.95. The Bertz CT molecular complexity index is 457. The number of rotatable bonds is 5. The van der Waals surface area contributed by atoms with Gasteiger partial charge in [-0.25, -0.2) is 4.39 Å². The van der Waals surface area contributed by atoms with Crippen molar-refractivity contribution < 1.29 is 19.1 Å². The molecule has 0 aliphatic carbocycles. The molecular weight excluding hydrogens is 237 g/mol. The average Bonchev–Trinajstić information content (AvgIpc) is 2.26. The first-order valence-electron chi connectivity index (χ1n) is 5.56. The number of amides is 1. The van der Waals surface area contributed by atoms with Gasteiger partial charge in [-0.3, -0.25) is 9.59 Å². The van der Waals surface area contributed by atoms with E-state index in [4.69, 9.17) is 5.11 Å². The minimum absolute atomic E-state index is 0.253. The summed E-state index contributed by atoms with van der Waals surface area (Å²) < 4.78 is 13.1. The highest BCUT2D eigenvalue weighted by Crippen LogP contribution is 2.22. The maximum Gasteiger partial charge on any atom is 0.312 e. The third-order valence-corrected chi connectivity index (χ3v) is 2.65. The molecule has 2 N–H and O–H groups in total. The Labute approximate surface area is 105 Å². The number of nitrogens with one attached hydrogen (secondary N) is 1. The van der Waals surface area contributed by atoms with E-state index in [0.29, 0.717) is 0 Å². The zero-order chi connectivity index (χ0) is 13.8. The Morgan fingerprint density at radius 2 is 2.06 bits per heavy atom. The van der Waals surface area contributed by atoms with E-state index in [2.05, 4.69) is 5.32 Å². The minimum Gasteiger partial charge on any atom is -0.481 e. The van der Waals surface area contributed by atoms with Gasteiger partial charge in [0.15, 0.2) is 0 Å². The fourth-order valence-corrected chi connectivity index (χ4v) is 1.53. The Morgan fingerprint density at radius 3 is 2.61 bits per heavy atom. The fourth-order valence-electron chi connectivity index (χ4n) is 1.53. The third-order valence-electron chi connectivity index (χ3n) is 2.65. The summed E-state index contributed by atoms with van der Waals surface area (Å²) in [5.41, 5.74) is 0.286. The molecule has 1 amide bonds. The van der Waals surface area contributed by atoms with Gasteiger partial charge < -0.3 is 10.4 Å². The van der Waals surface area contributed by atoms with Crippen LogP contribution in [0.3, 0.4) is 0 Å². The van der Waals surface area contributed by atoms with E-state index in [1.165, 1.54) is 12.1 Å². The quantitative estimate of drug-likeness (QED) is 0.785. The maximum absolute atomic E-state index is 13.1. The van der Waals surface area contributed by atoms with Gasteiger partial charge in [0, 0.05) is 12.0 Å². The maximum atomic E-state index is 13.1. The SMILES string of the molecule is CC(C)(CNC(=O)CC(=O)O)c1cccc(F)c1. The van der Waals surface area contributed by atoms with Crippen molar-refractivity contribution in [2.45, 2.75) is 25.7 Å². The number of halogens is 1. The van der Waals surface area contributed by atoms with Crippen LogP contribution in [0.4, 0.5) is 4.39 Å².